The number of carbonyl (C=O) groups is 1. The van der Waals surface area contributed by atoms with Crippen molar-refractivity contribution >= 4 is 29.7 Å². The summed E-state index contributed by atoms with van der Waals surface area (Å²) in [7, 11) is 0. The Morgan fingerprint density at radius 3 is 2.70 bits per heavy atom. The normalized spacial score (nSPS) is 23.3. The first-order valence-electron chi connectivity index (χ1n) is 7.99. The van der Waals surface area contributed by atoms with Gasteiger partial charge in [0.15, 0.2) is 0 Å². The molecule has 1 aliphatic heterocycles. The van der Waals surface area contributed by atoms with Crippen molar-refractivity contribution < 1.29 is 4.79 Å². The van der Waals surface area contributed by atoms with Crippen LogP contribution in [-0.2, 0) is 4.79 Å². The number of carbonyl (C=O) groups excluding carboxylic acids is 1. The number of nitrogens with zero attached hydrogens (tertiary/aromatic N) is 1. The maximum absolute atomic E-state index is 12.5. The third-order valence-corrected chi connectivity index (χ3v) is 5.43. The number of nitrogens with one attached hydrogen (secondary N) is 1. The van der Waals surface area contributed by atoms with E-state index >= 15 is 0 Å². The lowest BCUT2D eigenvalue weighted by Crippen LogP contribution is -2.42. The van der Waals surface area contributed by atoms with E-state index in [1.54, 1.807) is 11.3 Å². The molecule has 1 aromatic rings. The first-order chi connectivity index (χ1) is 10.2. The highest BCUT2D eigenvalue weighted by Gasteiger charge is 2.34. The van der Waals surface area contributed by atoms with Crippen LogP contribution in [0.5, 0.6) is 0 Å². The van der Waals surface area contributed by atoms with Crippen LogP contribution >= 0.6 is 23.7 Å². The maximum Gasteiger partial charge on any atom is 0.234 e. The predicted molar refractivity (Wildman–Crippen MR) is 100 cm³/mol. The molecule has 0 bridgehead atoms. The Morgan fingerprint density at radius 1 is 1.52 bits per heavy atom. The van der Waals surface area contributed by atoms with Gasteiger partial charge in [-0.05, 0) is 41.8 Å². The van der Waals surface area contributed by atoms with Gasteiger partial charge in [-0.15, -0.1) is 23.7 Å². The SMILES string of the molecule is CC1(CN)CCN(CC(=O)NC(c2cccs2)C(C)(C)C)C1.Cl. The van der Waals surface area contributed by atoms with Crippen LogP contribution in [0, 0.1) is 10.8 Å². The first-order valence-corrected chi connectivity index (χ1v) is 8.87. The minimum absolute atomic E-state index is 0. The van der Waals surface area contributed by atoms with Gasteiger partial charge in [0.05, 0.1) is 12.6 Å². The molecular weight excluding hydrogens is 330 g/mol. The van der Waals surface area contributed by atoms with E-state index in [0.29, 0.717) is 13.1 Å². The lowest BCUT2D eigenvalue weighted by atomic mass is 9.85. The largest absolute Gasteiger partial charge is 0.347 e. The van der Waals surface area contributed by atoms with Crippen LogP contribution in [-0.4, -0.2) is 37.0 Å². The molecule has 1 aromatic heterocycles. The fraction of sp³-hybridized carbons (Fsp3) is 0.706. The highest BCUT2D eigenvalue weighted by molar-refractivity contribution is 7.10. The van der Waals surface area contributed by atoms with Crippen molar-refractivity contribution in [1.29, 1.82) is 0 Å². The van der Waals surface area contributed by atoms with Gasteiger partial charge in [-0.1, -0.05) is 33.8 Å². The molecule has 2 rings (SSSR count). The third kappa shape index (κ3) is 5.45. The number of rotatable bonds is 5. The van der Waals surface area contributed by atoms with Gasteiger partial charge in [0.2, 0.25) is 5.91 Å². The minimum atomic E-state index is -0.00268. The highest BCUT2D eigenvalue weighted by Crippen LogP contribution is 2.35. The first kappa shape index (κ1) is 20.4. The van der Waals surface area contributed by atoms with Crippen molar-refractivity contribution in [2.45, 2.75) is 40.2 Å². The molecule has 0 saturated carbocycles. The van der Waals surface area contributed by atoms with E-state index in [4.69, 9.17) is 5.73 Å². The maximum atomic E-state index is 12.5. The number of thiophene rings is 1. The van der Waals surface area contributed by atoms with E-state index in [1.807, 2.05) is 6.07 Å². The molecule has 2 atom stereocenters. The van der Waals surface area contributed by atoms with Crippen LogP contribution in [0.2, 0.25) is 0 Å². The molecule has 132 valence electrons. The average molecular weight is 360 g/mol. The molecule has 1 aliphatic rings. The number of halogens is 1. The number of amides is 1. The molecule has 3 N–H and O–H groups in total. The van der Waals surface area contributed by atoms with Crippen LogP contribution in [0.1, 0.15) is 45.0 Å². The Hall–Kier alpha value is -0.620. The lowest BCUT2D eigenvalue weighted by molar-refractivity contribution is -0.123. The molecule has 2 heterocycles. The fourth-order valence-corrected chi connectivity index (χ4v) is 4.03. The molecule has 0 aromatic carbocycles. The summed E-state index contributed by atoms with van der Waals surface area (Å²) in [6.07, 6.45) is 1.07. The molecule has 4 nitrogen and oxygen atoms in total. The van der Waals surface area contributed by atoms with E-state index in [2.05, 4.69) is 49.4 Å². The second-order valence-corrected chi connectivity index (χ2v) is 8.84. The van der Waals surface area contributed by atoms with Crippen LogP contribution in [0.4, 0.5) is 0 Å². The van der Waals surface area contributed by atoms with Gasteiger partial charge in [-0.3, -0.25) is 9.69 Å². The highest BCUT2D eigenvalue weighted by atomic mass is 35.5. The molecule has 1 fully saturated rings. The number of likely N-dealkylation sites (tertiary alicyclic amines) is 1. The molecule has 0 spiro atoms. The number of hydrogen-bond acceptors (Lipinski definition) is 4. The van der Waals surface area contributed by atoms with Crippen LogP contribution in [0.3, 0.4) is 0 Å². The number of hydrogen-bond donors (Lipinski definition) is 2. The molecule has 0 aliphatic carbocycles. The van der Waals surface area contributed by atoms with Crippen molar-refractivity contribution in [2.75, 3.05) is 26.2 Å². The monoisotopic (exact) mass is 359 g/mol. The molecule has 2 unspecified atom stereocenters. The Morgan fingerprint density at radius 2 is 2.22 bits per heavy atom. The van der Waals surface area contributed by atoms with Gasteiger partial charge in [0, 0.05) is 11.4 Å². The smallest absolute Gasteiger partial charge is 0.234 e. The van der Waals surface area contributed by atoms with Gasteiger partial charge >= 0.3 is 0 Å². The summed E-state index contributed by atoms with van der Waals surface area (Å²) < 4.78 is 0. The van der Waals surface area contributed by atoms with E-state index < -0.39 is 0 Å². The topological polar surface area (TPSA) is 58.4 Å². The van der Waals surface area contributed by atoms with Gasteiger partial charge in [-0.2, -0.15) is 0 Å². The summed E-state index contributed by atoms with van der Waals surface area (Å²) in [6, 6.07) is 4.20. The molecule has 1 amide bonds. The van der Waals surface area contributed by atoms with Crippen molar-refractivity contribution in [3.63, 3.8) is 0 Å². The van der Waals surface area contributed by atoms with Gasteiger partial charge in [0.25, 0.3) is 0 Å². The number of nitrogens with two attached hydrogens (primary N) is 1. The molecule has 23 heavy (non-hydrogen) atoms. The lowest BCUT2D eigenvalue weighted by Gasteiger charge is -2.31. The minimum Gasteiger partial charge on any atom is -0.347 e. The zero-order valence-electron chi connectivity index (χ0n) is 14.6. The van der Waals surface area contributed by atoms with Crippen molar-refractivity contribution in [3.8, 4) is 0 Å². The third-order valence-electron chi connectivity index (χ3n) is 4.50. The van der Waals surface area contributed by atoms with E-state index in [-0.39, 0.29) is 35.2 Å². The second-order valence-electron chi connectivity index (χ2n) is 7.86. The Labute approximate surface area is 150 Å². The van der Waals surface area contributed by atoms with Gasteiger partial charge in [0.1, 0.15) is 0 Å². The Bertz CT molecular complexity index is 500. The van der Waals surface area contributed by atoms with Crippen molar-refractivity contribution in [3.05, 3.63) is 22.4 Å². The van der Waals surface area contributed by atoms with E-state index in [0.717, 1.165) is 19.5 Å². The molecular formula is C17H30ClN3OS. The summed E-state index contributed by atoms with van der Waals surface area (Å²) >= 11 is 1.70. The quantitative estimate of drug-likeness (QED) is 0.849. The predicted octanol–water partition coefficient (Wildman–Crippen LogP) is 3.04. The zero-order chi connectivity index (χ0) is 16.4. The summed E-state index contributed by atoms with van der Waals surface area (Å²) in [4.78, 5) is 15.9. The van der Waals surface area contributed by atoms with E-state index in [9.17, 15) is 4.79 Å². The standard InChI is InChI=1S/C17H29N3OS.ClH/c1-16(2,3)15(13-6-5-9-22-13)19-14(21)10-20-8-7-17(4,11-18)12-20;/h5-6,9,15H,7-8,10-12,18H2,1-4H3,(H,19,21);1H. The average Bonchev–Trinajstić information content (AvgIpc) is 3.05. The van der Waals surface area contributed by atoms with Crippen LogP contribution in [0.15, 0.2) is 17.5 Å². The van der Waals surface area contributed by atoms with Gasteiger partial charge < -0.3 is 11.1 Å². The van der Waals surface area contributed by atoms with E-state index in [1.165, 1.54) is 4.88 Å². The van der Waals surface area contributed by atoms with Crippen molar-refractivity contribution in [2.24, 2.45) is 16.6 Å². The fourth-order valence-electron chi connectivity index (χ4n) is 3.01. The summed E-state index contributed by atoms with van der Waals surface area (Å²) in [5.74, 6) is 0.106. The summed E-state index contributed by atoms with van der Waals surface area (Å²) in [6.45, 7) is 11.7. The molecule has 1 saturated heterocycles. The second kappa shape index (κ2) is 7.97. The Kier molecular flexibility index (Phi) is 7.08. The molecule has 6 heteroatoms. The Balaban J connectivity index is 0.00000264. The van der Waals surface area contributed by atoms with Crippen LogP contribution < -0.4 is 11.1 Å². The zero-order valence-corrected chi connectivity index (χ0v) is 16.2. The van der Waals surface area contributed by atoms with Gasteiger partial charge in [-0.25, -0.2) is 0 Å². The van der Waals surface area contributed by atoms with Crippen molar-refractivity contribution in [1.82, 2.24) is 10.2 Å². The summed E-state index contributed by atoms with van der Waals surface area (Å²) in [5, 5.41) is 5.29. The summed E-state index contributed by atoms with van der Waals surface area (Å²) in [5.41, 5.74) is 6.00. The molecule has 0 radical (unpaired) electrons. The van der Waals surface area contributed by atoms with Crippen LogP contribution in [0.25, 0.3) is 0 Å².